The van der Waals surface area contributed by atoms with Crippen LogP contribution in [0.3, 0.4) is 0 Å². The van der Waals surface area contributed by atoms with Crippen LogP contribution in [0.2, 0.25) is 0 Å². The van der Waals surface area contributed by atoms with Gasteiger partial charge in [-0.2, -0.15) is 0 Å². The molecule has 0 saturated carbocycles. The van der Waals surface area contributed by atoms with Gasteiger partial charge in [-0.25, -0.2) is 0 Å². The lowest BCUT2D eigenvalue weighted by Gasteiger charge is -2.20. The van der Waals surface area contributed by atoms with E-state index in [0.29, 0.717) is 24.1 Å². The van der Waals surface area contributed by atoms with Gasteiger partial charge in [0.25, 0.3) is 0 Å². The summed E-state index contributed by atoms with van der Waals surface area (Å²) >= 11 is 0. The second kappa shape index (κ2) is 5.13. The highest BCUT2D eigenvalue weighted by atomic mass is 16.3. The van der Waals surface area contributed by atoms with Crippen molar-refractivity contribution in [1.82, 2.24) is 0 Å². The zero-order chi connectivity index (χ0) is 15.0. The summed E-state index contributed by atoms with van der Waals surface area (Å²) in [4.78, 5) is 13.6. The van der Waals surface area contributed by atoms with Crippen LogP contribution in [0.5, 0.6) is 11.5 Å². The van der Waals surface area contributed by atoms with E-state index in [9.17, 15) is 15.0 Å². The first kappa shape index (κ1) is 13.5. The van der Waals surface area contributed by atoms with Crippen molar-refractivity contribution >= 4 is 11.6 Å². The van der Waals surface area contributed by atoms with Gasteiger partial charge in [-0.05, 0) is 43.2 Å². The average Bonchev–Trinajstić information content (AvgIpc) is 2.89. The van der Waals surface area contributed by atoms with Gasteiger partial charge in [0.05, 0.1) is 5.69 Å². The Bertz CT molecular complexity index is 692. The second-order valence-electron chi connectivity index (χ2n) is 5.30. The van der Waals surface area contributed by atoms with Gasteiger partial charge in [-0.1, -0.05) is 12.1 Å². The molecule has 0 atom stereocenters. The lowest BCUT2D eigenvalue weighted by atomic mass is 10.00. The molecule has 0 spiro atoms. The summed E-state index contributed by atoms with van der Waals surface area (Å²) in [5, 5.41) is 19.8. The molecule has 3 rings (SSSR count). The highest BCUT2D eigenvalue weighted by Crippen LogP contribution is 2.38. The van der Waals surface area contributed by atoms with Gasteiger partial charge < -0.3 is 15.1 Å². The number of anilines is 1. The van der Waals surface area contributed by atoms with E-state index in [4.69, 9.17) is 0 Å². The molecule has 0 bridgehead atoms. The molecule has 21 heavy (non-hydrogen) atoms. The molecule has 1 heterocycles. The zero-order valence-corrected chi connectivity index (χ0v) is 11.8. The number of hydrogen-bond donors (Lipinski definition) is 2. The molecule has 1 amide bonds. The SMILES string of the molecule is Cc1c(N2CCCC2=O)ccc(-c2ccc(O)cc2)c1O. The number of nitrogens with zero attached hydrogens (tertiary/aromatic N) is 1. The van der Waals surface area contributed by atoms with E-state index >= 15 is 0 Å². The van der Waals surface area contributed by atoms with Crippen molar-refractivity contribution < 1.29 is 15.0 Å². The van der Waals surface area contributed by atoms with E-state index in [1.165, 1.54) is 0 Å². The molecule has 4 heteroatoms. The fraction of sp³-hybridized carbons (Fsp3) is 0.235. The van der Waals surface area contributed by atoms with Crippen LogP contribution in [-0.2, 0) is 4.79 Å². The Morgan fingerprint density at radius 2 is 1.76 bits per heavy atom. The number of aromatic hydroxyl groups is 2. The molecule has 2 N–H and O–H groups in total. The van der Waals surface area contributed by atoms with Crippen molar-refractivity contribution in [3.63, 3.8) is 0 Å². The fourth-order valence-corrected chi connectivity index (χ4v) is 2.76. The summed E-state index contributed by atoms with van der Waals surface area (Å²) in [5.74, 6) is 0.474. The van der Waals surface area contributed by atoms with Gasteiger partial charge in [0.1, 0.15) is 11.5 Å². The number of phenols is 2. The number of amides is 1. The minimum absolute atomic E-state index is 0.106. The summed E-state index contributed by atoms with van der Waals surface area (Å²) in [6.07, 6.45) is 1.43. The van der Waals surface area contributed by atoms with Gasteiger partial charge in [0.2, 0.25) is 5.91 Å². The average molecular weight is 283 g/mol. The minimum Gasteiger partial charge on any atom is -0.508 e. The van der Waals surface area contributed by atoms with Crippen LogP contribution < -0.4 is 4.90 Å². The third kappa shape index (κ3) is 2.33. The monoisotopic (exact) mass is 283 g/mol. The normalized spacial score (nSPS) is 14.7. The first-order valence-electron chi connectivity index (χ1n) is 7.00. The molecular weight excluding hydrogens is 266 g/mol. The van der Waals surface area contributed by atoms with Crippen LogP contribution in [0.1, 0.15) is 18.4 Å². The van der Waals surface area contributed by atoms with Crippen LogP contribution >= 0.6 is 0 Å². The predicted molar refractivity (Wildman–Crippen MR) is 81.5 cm³/mol. The molecule has 0 radical (unpaired) electrons. The molecule has 108 valence electrons. The number of phenolic OH excluding ortho intramolecular Hbond substituents is 2. The Morgan fingerprint density at radius 3 is 2.38 bits per heavy atom. The summed E-state index contributed by atoms with van der Waals surface area (Å²) < 4.78 is 0. The maximum Gasteiger partial charge on any atom is 0.227 e. The van der Waals surface area contributed by atoms with Crippen molar-refractivity contribution in [3.8, 4) is 22.6 Å². The Balaban J connectivity index is 2.04. The third-order valence-electron chi connectivity index (χ3n) is 3.94. The van der Waals surface area contributed by atoms with Gasteiger partial charge in [-0.3, -0.25) is 4.79 Å². The van der Waals surface area contributed by atoms with E-state index in [0.717, 1.165) is 17.7 Å². The minimum atomic E-state index is 0.106. The van der Waals surface area contributed by atoms with Crippen LogP contribution in [0.15, 0.2) is 36.4 Å². The second-order valence-corrected chi connectivity index (χ2v) is 5.30. The topological polar surface area (TPSA) is 60.8 Å². The number of carbonyl (C=O) groups is 1. The molecule has 1 fully saturated rings. The molecule has 1 saturated heterocycles. The summed E-state index contributed by atoms with van der Waals surface area (Å²) in [5.41, 5.74) is 3.00. The fourth-order valence-electron chi connectivity index (χ4n) is 2.76. The number of benzene rings is 2. The van der Waals surface area contributed by atoms with Crippen molar-refractivity contribution in [2.45, 2.75) is 19.8 Å². The maximum atomic E-state index is 11.8. The summed E-state index contributed by atoms with van der Waals surface area (Å²) in [6.45, 7) is 2.53. The molecule has 2 aromatic carbocycles. The standard InChI is InChI=1S/C17H17NO3/c1-11-15(18-10-2-3-16(18)20)9-8-14(17(11)21)12-4-6-13(19)7-5-12/h4-9,19,21H,2-3,10H2,1H3. The highest BCUT2D eigenvalue weighted by molar-refractivity contribution is 5.97. The molecule has 1 aliphatic rings. The molecular formula is C17H17NO3. The predicted octanol–water partition coefficient (Wildman–Crippen LogP) is 3.20. The zero-order valence-electron chi connectivity index (χ0n) is 11.8. The summed E-state index contributed by atoms with van der Waals surface area (Å²) in [6, 6.07) is 10.4. The first-order chi connectivity index (χ1) is 10.1. The third-order valence-corrected chi connectivity index (χ3v) is 3.94. The molecule has 2 aromatic rings. The van der Waals surface area contributed by atoms with Gasteiger partial charge >= 0.3 is 0 Å². The van der Waals surface area contributed by atoms with E-state index < -0.39 is 0 Å². The number of hydrogen-bond acceptors (Lipinski definition) is 3. The molecule has 0 aliphatic carbocycles. The molecule has 0 aromatic heterocycles. The Hall–Kier alpha value is -2.49. The molecule has 0 unspecified atom stereocenters. The van der Waals surface area contributed by atoms with Crippen molar-refractivity contribution in [2.75, 3.05) is 11.4 Å². The van der Waals surface area contributed by atoms with Crippen molar-refractivity contribution in [1.29, 1.82) is 0 Å². The highest BCUT2D eigenvalue weighted by Gasteiger charge is 2.24. The van der Waals surface area contributed by atoms with Crippen molar-refractivity contribution in [3.05, 3.63) is 42.0 Å². The maximum absolute atomic E-state index is 11.8. The number of carbonyl (C=O) groups excluding carboxylic acids is 1. The quantitative estimate of drug-likeness (QED) is 0.889. The van der Waals surface area contributed by atoms with Crippen molar-refractivity contribution in [2.24, 2.45) is 0 Å². The van der Waals surface area contributed by atoms with Crippen LogP contribution in [0.25, 0.3) is 11.1 Å². The largest absolute Gasteiger partial charge is 0.508 e. The Morgan fingerprint density at radius 1 is 1.05 bits per heavy atom. The molecule has 1 aliphatic heterocycles. The van der Waals surface area contributed by atoms with Gasteiger partial charge in [0.15, 0.2) is 0 Å². The van der Waals surface area contributed by atoms with E-state index in [1.807, 2.05) is 19.1 Å². The molecule has 4 nitrogen and oxygen atoms in total. The lowest BCUT2D eigenvalue weighted by molar-refractivity contribution is -0.117. The Kier molecular flexibility index (Phi) is 3.29. The first-order valence-corrected chi connectivity index (χ1v) is 7.00. The number of rotatable bonds is 2. The van der Waals surface area contributed by atoms with Crippen LogP contribution in [0, 0.1) is 6.92 Å². The van der Waals surface area contributed by atoms with E-state index in [-0.39, 0.29) is 17.4 Å². The Labute approximate surface area is 123 Å². The summed E-state index contributed by atoms with van der Waals surface area (Å²) in [7, 11) is 0. The lowest BCUT2D eigenvalue weighted by Crippen LogP contribution is -2.24. The van der Waals surface area contributed by atoms with Gasteiger partial charge in [-0.15, -0.1) is 0 Å². The van der Waals surface area contributed by atoms with E-state index in [1.54, 1.807) is 29.2 Å². The smallest absolute Gasteiger partial charge is 0.227 e. The van der Waals surface area contributed by atoms with Crippen LogP contribution in [-0.4, -0.2) is 22.7 Å². The van der Waals surface area contributed by atoms with Crippen LogP contribution in [0.4, 0.5) is 5.69 Å². The van der Waals surface area contributed by atoms with Gasteiger partial charge in [0, 0.05) is 24.1 Å². The van der Waals surface area contributed by atoms with E-state index in [2.05, 4.69) is 0 Å².